The van der Waals surface area contributed by atoms with Gasteiger partial charge in [0.1, 0.15) is 6.61 Å². The topological polar surface area (TPSA) is 105 Å². The van der Waals surface area contributed by atoms with Crippen molar-refractivity contribution >= 4 is 23.7 Å². The number of amides is 2. The molecule has 0 saturated heterocycles. The zero-order valence-corrected chi connectivity index (χ0v) is 19.3. The minimum Gasteiger partial charge on any atom is -0.481 e. The third-order valence-corrected chi connectivity index (χ3v) is 6.76. The summed E-state index contributed by atoms with van der Waals surface area (Å²) in [6.07, 6.45) is -0.0771. The number of hydrogen-bond donors (Lipinski definition) is 3. The van der Waals surface area contributed by atoms with Gasteiger partial charge in [0, 0.05) is 12.5 Å². The summed E-state index contributed by atoms with van der Waals surface area (Å²) < 4.78 is 5.61. The fourth-order valence-corrected chi connectivity index (χ4v) is 4.79. The Kier molecular flexibility index (Phi) is 5.99. The van der Waals surface area contributed by atoms with Crippen LogP contribution >= 0.6 is 0 Å². The summed E-state index contributed by atoms with van der Waals surface area (Å²) in [6.45, 7) is 2.31. The van der Waals surface area contributed by atoms with E-state index in [-0.39, 0.29) is 30.9 Å². The standard InChI is InChI=1S/C28H26N2O5/c1-16-10-11-25(23(12-16)26(31)29-14-17-13-22(17)27(32)33)30-28(34)35-15-24-20-8-4-2-6-18(20)19-7-3-5-9-21(19)24/h2-12,17,22,24H,13-15H2,1H3,(H,29,31)(H,30,34)(H,32,33)/t17-,22-/m0/s1. The van der Waals surface area contributed by atoms with Gasteiger partial charge in [-0.15, -0.1) is 0 Å². The van der Waals surface area contributed by atoms with Crippen LogP contribution in [0, 0.1) is 18.8 Å². The van der Waals surface area contributed by atoms with Crippen LogP contribution in [-0.2, 0) is 9.53 Å². The van der Waals surface area contributed by atoms with Gasteiger partial charge in [0.15, 0.2) is 0 Å². The zero-order valence-electron chi connectivity index (χ0n) is 19.3. The number of anilines is 1. The van der Waals surface area contributed by atoms with Crippen molar-refractivity contribution in [2.45, 2.75) is 19.3 Å². The third-order valence-electron chi connectivity index (χ3n) is 6.76. The number of carboxylic acids is 1. The molecule has 0 aliphatic heterocycles. The highest BCUT2D eigenvalue weighted by molar-refractivity contribution is 6.03. The van der Waals surface area contributed by atoms with Crippen molar-refractivity contribution in [3.63, 3.8) is 0 Å². The lowest BCUT2D eigenvalue weighted by Crippen LogP contribution is -2.28. The number of fused-ring (bicyclic) bond motifs is 3. The van der Waals surface area contributed by atoms with Gasteiger partial charge in [-0.1, -0.05) is 60.2 Å². The molecule has 178 valence electrons. The molecule has 0 aromatic heterocycles. The second kappa shape index (κ2) is 9.25. The molecule has 1 fully saturated rings. The first-order valence-corrected chi connectivity index (χ1v) is 11.7. The fraction of sp³-hybridized carbons (Fsp3) is 0.250. The number of hydrogen-bond acceptors (Lipinski definition) is 4. The van der Waals surface area contributed by atoms with Crippen LogP contribution in [0.2, 0.25) is 0 Å². The smallest absolute Gasteiger partial charge is 0.411 e. The first-order valence-electron chi connectivity index (χ1n) is 11.7. The van der Waals surface area contributed by atoms with E-state index in [4.69, 9.17) is 9.84 Å². The van der Waals surface area contributed by atoms with Crippen LogP contribution in [0.5, 0.6) is 0 Å². The van der Waals surface area contributed by atoms with Gasteiger partial charge in [0.05, 0.1) is 17.2 Å². The summed E-state index contributed by atoms with van der Waals surface area (Å²) in [4.78, 5) is 36.5. The van der Waals surface area contributed by atoms with Crippen LogP contribution in [0.15, 0.2) is 66.7 Å². The fourth-order valence-electron chi connectivity index (χ4n) is 4.79. The van der Waals surface area contributed by atoms with Crippen molar-refractivity contribution in [1.29, 1.82) is 0 Å². The van der Waals surface area contributed by atoms with Crippen molar-refractivity contribution in [3.8, 4) is 11.1 Å². The Balaban J connectivity index is 1.25. The quantitative estimate of drug-likeness (QED) is 0.460. The van der Waals surface area contributed by atoms with Crippen molar-refractivity contribution in [3.05, 3.63) is 89.0 Å². The maximum atomic E-state index is 12.8. The second-order valence-electron chi connectivity index (χ2n) is 9.15. The van der Waals surface area contributed by atoms with E-state index in [1.54, 1.807) is 18.2 Å². The molecule has 2 aliphatic carbocycles. The predicted molar refractivity (Wildman–Crippen MR) is 131 cm³/mol. The number of ether oxygens (including phenoxy) is 1. The molecule has 2 aliphatic rings. The highest BCUT2D eigenvalue weighted by atomic mass is 16.5. The molecular formula is C28H26N2O5. The molecule has 3 aromatic carbocycles. The van der Waals surface area contributed by atoms with Crippen LogP contribution in [0.25, 0.3) is 11.1 Å². The van der Waals surface area contributed by atoms with Gasteiger partial charge in [0.2, 0.25) is 0 Å². The molecule has 3 aromatic rings. The number of aliphatic carboxylic acids is 1. The first kappa shape index (κ1) is 22.7. The normalized spacial score (nSPS) is 17.7. The van der Waals surface area contributed by atoms with E-state index in [2.05, 4.69) is 34.9 Å². The zero-order chi connectivity index (χ0) is 24.5. The van der Waals surface area contributed by atoms with Gasteiger partial charge in [0.25, 0.3) is 5.91 Å². The van der Waals surface area contributed by atoms with Crippen LogP contribution in [0.3, 0.4) is 0 Å². The van der Waals surface area contributed by atoms with Crippen LogP contribution < -0.4 is 10.6 Å². The lowest BCUT2D eigenvalue weighted by molar-refractivity contribution is -0.138. The molecular weight excluding hydrogens is 444 g/mol. The molecule has 2 atom stereocenters. The Bertz CT molecular complexity index is 1270. The Hall–Kier alpha value is -4.13. The first-order chi connectivity index (χ1) is 16.9. The third kappa shape index (κ3) is 4.62. The van der Waals surface area contributed by atoms with Crippen molar-refractivity contribution in [2.75, 3.05) is 18.5 Å². The molecule has 0 unspecified atom stereocenters. The minimum atomic E-state index is -0.836. The van der Waals surface area contributed by atoms with E-state index in [0.29, 0.717) is 17.7 Å². The lowest BCUT2D eigenvalue weighted by Gasteiger charge is -2.16. The number of aryl methyl sites for hydroxylation is 1. The predicted octanol–water partition coefficient (Wildman–Crippen LogP) is 4.81. The molecule has 3 N–H and O–H groups in total. The van der Waals surface area contributed by atoms with Crippen LogP contribution in [-0.4, -0.2) is 36.2 Å². The molecule has 0 bridgehead atoms. The summed E-state index contributed by atoms with van der Waals surface area (Å²) in [5.41, 5.74) is 6.06. The summed E-state index contributed by atoms with van der Waals surface area (Å²) in [6, 6.07) is 21.4. The van der Waals surface area contributed by atoms with Gasteiger partial charge in [-0.05, 0) is 53.6 Å². The number of carbonyl (C=O) groups is 3. The van der Waals surface area contributed by atoms with Gasteiger partial charge >= 0.3 is 12.1 Å². The molecule has 0 heterocycles. The summed E-state index contributed by atoms with van der Waals surface area (Å²) in [5, 5.41) is 14.5. The minimum absolute atomic E-state index is 0.0557. The summed E-state index contributed by atoms with van der Waals surface area (Å²) in [5.74, 6) is -1.71. The van der Waals surface area contributed by atoms with Crippen molar-refractivity contribution in [1.82, 2.24) is 5.32 Å². The van der Waals surface area contributed by atoms with Crippen LogP contribution in [0.1, 0.15) is 39.4 Å². The molecule has 7 nitrogen and oxygen atoms in total. The molecule has 7 heteroatoms. The maximum absolute atomic E-state index is 12.8. The number of carbonyl (C=O) groups excluding carboxylic acids is 2. The Morgan fingerprint density at radius 1 is 0.971 bits per heavy atom. The second-order valence-corrected chi connectivity index (χ2v) is 9.15. The molecule has 2 amide bonds. The highest BCUT2D eigenvalue weighted by Gasteiger charge is 2.43. The summed E-state index contributed by atoms with van der Waals surface area (Å²) in [7, 11) is 0. The van der Waals surface area contributed by atoms with Gasteiger partial charge in [-0.25, -0.2) is 4.79 Å². The maximum Gasteiger partial charge on any atom is 0.411 e. The molecule has 1 saturated carbocycles. The lowest BCUT2D eigenvalue weighted by atomic mass is 9.98. The van der Waals surface area contributed by atoms with Crippen molar-refractivity contribution < 1.29 is 24.2 Å². The molecule has 5 rings (SSSR count). The van der Waals surface area contributed by atoms with E-state index in [0.717, 1.165) is 27.8 Å². The van der Waals surface area contributed by atoms with Gasteiger partial charge in [-0.2, -0.15) is 0 Å². The Morgan fingerprint density at radius 2 is 1.63 bits per heavy atom. The van der Waals surface area contributed by atoms with E-state index < -0.39 is 18.0 Å². The number of nitrogens with one attached hydrogen (secondary N) is 2. The van der Waals surface area contributed by atoms with Crippen LogP contribution in [0.4, 0.5) is 10.5 Å². The van der Waals surface area contributed by atoms with E-state index >= 15 is 0 Å². The molecule has 0 radical (unpaired) electrons. The van der Waals surface area contributed by atoms with E-state index in [9.17, 15) is 14.4 Å². The highest BCUT2D eigenvalue weighted by Crippen LogP contribution is 2.44. The Labute approximate surface area is 203 Å². The molecule has 0 spiro atoms. The number of benzene rings is 3. The van der Waals surface area contributed by atoms with E-state index in [1.165, 1.54) is 0 Å². The Morgan fingerprint density at radius 3 is 2.26 bits per heavy atom. The number of carboxylic acid groups (broad SMARTS) is 1. The average Bonchev–Trinajstić information content (AvgIpc) is 3.58. The summed E-state index contributed by atoms with van der Waals surface area (Å²) >= 11 is 0. The number of rotatable bonds is 7. The molecule has 35 heavy (non-hydrogen) atoms. The SMILES string of the molecule is Cc1ccc(NC(=O)OCC2c3ccccc3-c3ccccc32)c(C(=O)NC[C@@H]2C[C@@H]2C(=O)O)c1. The van der Waals surface area contributed by atoms with E-state index in [1.807, 2.05) is 31.2 Å². The van der Waals surface area contributed by atoms with Gasteiger partial charge < -0.3 is 15.2 Å². The van der Waals surface area contributed by atoms with Crippen molar-refractivity contribution in [2.24, 2.45) is 11.8 Å². The largest absolute Gasteiger partial charge is 0.481 e. The van der Waals surface area contributed by atoms with Gasteiger partial charge in [-0.3, -0.25) is 14.9 Å². The average molecular weight is 471 g/mol. The monoisotopic (exact) mass is 470 g/mol.